The molecule has 0 heterocycles. The highest BCUT2D eigenvalue weighted by molar-refractivity contribution is 5.15. The first-order valence-electron chi connectivity index (χ1n) is 43.8. The molecule has 0 heteroatoms. The predicted octanol–water partition coefficient (Wildman–Crippen LogP) is 33.7. The summed E-state index contributed by atoms with van der Waals surface area (Å²) in [6, 6.07) is 21.7. The van der Waals surface area contributed by atoms with E-state index in [1.807, 2.05) is 0 Å². The van der Waals surface area contributed by atoms with Crippen LogP contribution in [0.3, 0.4) is 0 Å². The van der Waals surface area contributed by atoms with Crippen molar-refractivity contribution >= 4 is 0 Å². The normalized spacial score (nSPS) is 20.9. The maximum Gasteiger partial charge on any atom is -0.0279 e. The van der Waals surface area contributed by atoms with E-state index in [1.54, 1.807) is 0 Å². The van der Waals surface area contributed by atoms with Gasteiger partial charge in [0.2, 0.25) is 0 Å². The Labute approximate surface area is 597 Å². The zero-order valence-corrected chi connectivity index (χ0v) is 68.5. The molecule has 8 aliphatic rings. The van der Waals surface area contributed by atoms with E-state index < -0.39 is 0 Å². The van der Waals surface area contributed by atoms with Crippen LogP contribution in [0.1, 0.15) is 457 Å². The molecule has 0 saturated heterocycles. The van der Waals surface area contributed by atoms with Crippen LogP contribution in [0.25, 0.3) is 0 Å². The Bertz CT molecular complexity index is 1520. The Morgan fingerprint density at radius 2 is 0.479 bits per heavy atom. The van der Waals surface area contributed by atoms with Crippen LogP contribution in [0.4, 0.5) is 0 Å². The van der Waals surface area contributed by atoms with E-state index in [2.05, 4.69) is 185 Å². The number of rotatable bonds is 22. The Hall–Kier alpha value is -1.56. The molecule has 0 aromatic heterocycles. The summed E-state index contributed by atoms with van der Waals surface area (Å²) in [5.74, 6) is 12.6. The van der Waals surface area contributed by atoms with Gasteiger partial charge in [0.1, 0.15) is 0 Å². The van der Waals surface area contributed by atoms with E-state index in [4.69, 9.17) is 0 Å². The third kappa shape index (κ3) is 59.3. The molecule has 556 valence electrons. The minimum atomic E-state index is 0.942. The summed E-state index contributed by atoms with van der Waals surface area (Å²) in [4.78, 5) is 0. The molecule has 10 rings (SSSR count). The van der Waals surface area contributed by atoms with Crippen LogP contribution in [0.15, 0.2) is 60.7 Å². The first-order chi connectivity index (χ1) is 45.7. The summed E-state index contributed by atoms with van der Waals surface area (Å²) >= 11 is 0. The molecule has 8 aliphatic carbocycles. The van der Waals surface area contributed by atoms with Gasteiger partial charge < -0.3 is 0 Å². The molecule has 8 fully saturated rings. The fourth-order valence-electron chi connectivity index (χ4n) is 16.1. The maximum absolute atomic E-state index is 2.39. The summed E-state index contributed by atoms with van der Waals surface area (Å²) in [5.41, 5.74) is 3.01. The Kier molecular flexibility index (Phi) is 71.6. The molecule has 0 N–H and O–H groups in total. The van der Waals surface area contributed by atoms with E-state index in [0.29, 0.717) is 0 Å². The van der Waals surface area contributed by atoms with Gasteiger partial charge in [0.15, 0.2) is 0 Å². The van der Waals surface area contributed by atoms with E-state index in [0.717, 1.165) is 71.0 Å². The summed E-state index contributed by atoms with van der Waals surface area (Å²) < 4.78 is 0. The highest BCUT2D eigenvalue weighted by atomic mass is 14.3. The van der Waals surface area contributed by atoms with Crippen molar-refractivity contribution in [2.75, 3.05) is 0 Å². The van der Waals surface area contributed by atoms with Crippen LogP contribution in [-0.2, 0) is 12.8 Å². The zero-order valence-electron chi connectivity index (χ0n) is 68.5. The van der Waals surface area contributed by atoms with E-state index in [9.17, 15) is 0 Å². The van der Waals surface area contributed by atoms with Crippen LogP contribution < -0.4 is 0 Å². The molecule has 2 aromatic carbocycles. The van der Waals surface area contributed by atoms with Gasteiger partial charge in [0, 0.05) is 0 Å². The van der Waals surface area contributed by atoms with Crippen LogP contribution in [0.2, 0.25) is 0 Å². The van der Waals surface area contributed by atoms with Gasteiger partial charge in [-0.05, 0) is 121 Å². The number of hydrogen-bond donors (Lipinski definition) is 0. The largest absolute Gasteiger partial charge is 0.0656 e. The zero-order chi connectivity index (χ0) is 69.9. The second-order valence-corrected chi connectivity index (χ2v) is 32.9. The van der Waals surface area contributed by atoms with Crippen molar-refractivity contribution in [3.63, 3.8) is 0 Å². The number of benzene rings is 2. The quantitative estimate of drug-likeness (QED) is 0.110. The van der Waals surface area contributed by atoms with Crippen molar-refractivity contribution in [2.45, 2.75) is 459 Å². The van der Waals surface area contributed by atoms with Gasteiger partial charge in [-0.15, -0.1) is 0 Å². The highest BCUT2D eigenvalue weighted by Crippen LogP contribution is 2.36. The molecule has 8 saturated carbocycles. The molecule has 4 unspecified atom stereocenters. The van der Waals surface area contributed by atoms with Crippen molar-refractivity contribution < 1.29 is 0 Å². The molecular formula is C94H180. The third-order valence-corrected chi connectivity index (χ3v) is 21.9. The monoisotopic (exact) mass is 1310 g/mol. The summed E-state index contributed by atoms with van der Waals surface area (Å²) in [7, 11) is 0. The minimum absolute atomic E-state index is 0.942. The molecule has 0 radical (unpaired) electrons. The summed E-state index contributed by atoms with van der Waals surface area (Å²) in [6.45, 7) is 40.3. The molecule has 0 nitrogen and oxygen atoms in total. The van der Waals surface area contributed by atoms with Crippen molar-refractivity contribution in [1.29, 1.82) is 0 Å². The van der Waals surface area contributed by atoms with E-state index >= 15 is 0 Å². The minimum Gasteiger partial charge on any atom is -0.0656 e. The molecular weight excluding hydrogens is 1130 g/mol. The van der Waals surface area contributed by atoms with E-state index in [-0.39, 0.29) is 0 Å². The van der Waals surface area contributed by atoms with Crippen molar-refractivity contribution in [1.82, 2.24) is 0 Å². The van der Waals surface area contributed by atoms with Crippen LogP contribution >= 0.6 is 0 Å². The molecule has 94 heavy (non-hydrogen) atoms. The van der Waals surface area contributed by atoms with Gasteiger partial charge in [-0.1, -0.05) is 481 Å². The standard InChI is InChI=1S/2C14H20.2C10H20.2C9H18.2C8H16.4C3H8/c2*1-2-7-13(8-3-1)11-6-12-14-9-4-5-10-14;2*1-3-4-5-10-7-6-9(2)8-10;2*1-2-3-6-9-7-4-5-8-9;2*1-7(2)8-5-3-4-6-8;4*1-3-2/h2*1-3,7-8,14H,4-6,9-12H2;2*9-10H,3-8H2,1-2H3;2*9H,2-8H2,1H3;2*7-8H,3-6H2,1-2H3;4*3H2,1-2H3. The lowest BCUT2D eigenvalue weighted by atomic mass is 9.95. The molecule has 2 aromatic rings. The number of aryl methyl sites for hydroxylation is 2. The maximum atomic E-state index is 2.39. The topological polar surface area (TPSA) is 0 Å². The Morgan fingerprint density at radius 3 is 0.670 bits per heavy atom. The Balaban J connectivity index is 0. The van der Waals surface area contributed by atoms with Crippen LogP contribution in [-0.4, -0.2) is 0 Å². The predicted molar refractivity (Wildman–Crippen MR) is 435 cm³/mol. The second kappa shape index (κ2) is 71.3. The fourth-order valence-corrected chi connectivity index (χ4v) is 16.1. The SMILES string of the molecule is CC(C)C1CCCC1.CC(C)C1CCCC1.CCC.CCC.CCC.CCC.CCCCC1CCC(C)C1.CCCCC1CCC(C)C1.CCCCC1CCCC1.CCCCC1CCCC1.c1ccc(CCCC2CCCC2)cc1.c1ccc(CCCC2CCCC2)cc1. The van der Waals surface area contributed by atoms with Crippen LogP contribution in [0.5, 0.6) is 0 Å². The summed E-state index contributed by atoms with van der Waals surface area (Å²) in [6.07, 6.45) is 75.7. The highest BCUT2D eigenvalue weighted by Gasteiger charge is 2.22. The van der Waals surface area contributed by atoms with Crippen molar-refractivity contribution in [3.8, 4) is 0 Å². The third-order valence-electron chi connectivity index (χ3n) is 21.9. The Morgan fingerprint density at radius 1 is 0.266 bits per heavy atom. The number of unbranched alkanes of at least 4 members (excludes halogenated alkanes) is 4. The first-order valence-corrected chi connectivity index (χ1v) is 43.8. The second-order valence-electron chi connectivity index (χ2n) is 32.9. The van der Waals surface area contributed by atoms with Crippen molar-refractivity contribution in [3.05, 3.63) is 71.8 Å². The molecule has 0 bridgehead atoms. The number of hydrogen-bond acceptors (Lipinski definition) is 0. The van der Waals surface area contributed by atoms with E-state index in [1.165, 1.54) is 345 Å². The van der Waals surface area contributed by atoms with Gasteiger partial charge in [0.05, 0.1) is 0 Å². The van der Waals surface area contributed by atoms with Gasteiger partial charge in [-0.3, -0.25) is 0 Å². The van der Waals surface area contributed by atoms with Gasteiger partial charge in [-0.2, -0.15) is 0 Å². The lowest BCUT2D eigenvalue weighted by molar-refractivity contribution is 0.396. The molecule has 4 atom stereocenters. The molecule has 0 aliphatic heterocycles. The van der Waals surface area contributed by atoms with Gasteiger partial charge in [-0.25, -0.2) is 0 Å². The summed E-state index contributed by atoms with van der Waals surface area (Å²) in [5, 5.41) is 0. The smallest absolute Gasteiger partial charge is 0.0279 e. The average molecular weight is 1310 g/mol. The van der Waals surface area contributed by atoms with Crippen LogP contribution in [0, 0.1) is 71.0 Å². The fraction of sp³-hybridized carbons (Fsp3) is 0.872. The lowest BCUT2D eigenvalue weighted by Crippen LogP contribution is -2.01. The van der Waals surface area contributed by atoms with Gasteiger partial charge >= 0.3 is 0 Å². The molecule has 0 amide bonds. The first kappa shape index (κ1) is 94.5. The lowest BCUT2D eigenvalue weighted by Gasteiger charge is -2.11. The average Bonchev–Trinajstić information content (AvgIpc) is 4.17. The van der Waals surface area contributed by atoms with Crippen molar-refractivity contribution in [2.24, 2.45) is 71.0 Å². The van der Waals surface area contributed by atoms with Gasteiger partial charge in [0.25, 0.3) is 0 Å². The molecule has 0 spiro atoms.